The minimum Gasteiger partial charge on any atom is -0.507 e. The number of amides is 1. The van der Waals surface area contributed by atoms with Gasteiger partial charge in [0.2, 0.25) is 0 Å². The second-order valence-corrected chi connectivity index (χ2v) is 8.62. The van der Waals surface area contributed by atoms with Crippen molar-refractivity contribution in [1.82, 2.24) is 0 Å². The average Bonchev–Trinajstić information content (AvgIpc) is 3.12. The van der Waals surface area contributed by atoms with Crippen LogP contribution in [-0.2, 0) is 9.59 Å². The number of hydrogen-bond acceptors (Lipinski definition) is 6. The van der Waals surface area contributed by atoms with Gasteiger partial charge in [0, 0.05) is 11.8 Å². The van der Waals surface area contributed by atoms with Crippen molar-refractivity contribution < 1.29 is 29.3 Å². The third-order valence-corrected chi connectivity index (χ3v) is 6.47. The summed E-state index contributed by atoms with van der Waals surface area (Å²) in [7, 11) is 2.93. The van der Waals surface area contributed by atoms with Gasteiger partial charge >= 0.3 is 0 Å². The van der Waals surface area contributed by atoms with Crippen LogP contribution in [0.5, 0.6) is 17.2 Å². The fourth-order valence-electron chi connectivity index (χ4n) is 4.12. The number of halogens is 1. The van der Waals surface area contributed by atoms with Gasteiger partial charge < -0.3 is 19.7 Å². The molecule has 0 saturated carbocycles. The number of aliphatic hydroxyl groups is 1. The third-order valence-electron chi connectivity index (χ3n) is 6.16. The molecule has 0 bridgehead atoms. The Kier molecular flexibility index (Phi) is 6.45. The third kappa shape index (κ3) is 4.19. The summed E-state index contributed by atoms with van der Waals surface area (Å²) in [5, 5.41) is 21.4. The van der Waals surface area contributed by atoms with Crippen molar-refractivity contribution >= 4 is 34.7 Å². The molecule has 1 fully saturated rings. The summed E-state index contributed by atoms with van der Waals surface area (Å²) in [5.74, 6) is -1.43. The van der Waals surface area contributed by atoms with Gasteiger partial charge in [0.05, 0.1) is 36.4 Å². The minimum atomic E-state index is -0.998. The van der Waals surface area contributed by atoms with Crippen molar-refractivity contribution in [3.63, 3.8) is 0 Å². The van der Waals surface area contributed by atoms with Gasteiger partial charge in [-0.1, -0.05) is 23.7 Å². The van der Waals surface area contributed by atoms with Crippen LogP contribution in [0.2, 0.25) is 5.02 Å². The van der Waals surface area contributed by atoms with Gasteiger partial charge in [0.25, 0.3) is 11.7 Å². The van der Waals surface area contributed by atoms with Gasteiger partial charge in [0.15, 0.2) is 0 Å². The molecule has 1 aliphatic rings. The number of hydrogen-bond donors (Lipinski definition) is 2. The molecule has 1 aliphatic heterocycles. The molecule has 1 saturated heterocycles. The zero-order valence-corrected chi connectivity index (χ0v) is 20.4. The van der Waals surface area contributed by atoms with Crippen LogP contribution in [0.4, 0.5) is 5.69 Å². The van der Waals surface area contributed by atoms with Gasteiger partial charge in [-0.05, 0) is 66.9 Å². The maximum Gasteiger partial charge on any atom is 0.300 e. The fourth-order valence-corrected chi connectivity index (χ4v) is 4.31. The molecule has 2 N–H and O–H groups in total. The number of nitrogens with zero attached hydrogens (tertiary/aromatic N) is 1. The number of phenolic OH excluding ortho intramolecular Hbond substituents is 1. The van der Waals surface area contributed by atoms with E-state index in [-0.39, 0.29) is 27.7 Å². The van der Waals surface area contributed by atoms with Crippen molar-refractivity contribution in [1.29, 1.82) is 0 Å². The molecular weight excluding hydrogens is 470 g/mol. The van der Waals surface area contributed by atoms with E-state index in [2.05, 4.69) is 0 Å². The lowest BCUT2D eigenvalue weighted by molar-refractivity contribution is -0.132. The average molecular weight is 494 g/mol. The van der Waals surface area contributed by atoms with Crippen molar-refractivity contribution in [3.8, 4) is 17.2 Å². The second-order valence-electron chi connectivity index (χ2n) is 8.21. The van der Waals surface area contributed by atoms with E-state index in [0.29, 0.717) is 17.0 Å². The van der Waals surface area contributed by atoms with E-state index in [1.807, 2.05) is 26.0 Å². The molecule has 1 amide bonds. The normalized spacial score (nSPS) is 17.1. The van der Waals surface area contributed by atoms with Crippen LogP contribution in [0, 0.1) is 13.8 Å². The highest BCUT2D eigenvalue weighted by atomic mass is 35.5. The maximum atomic E-state index is 13.4. The SMILES string of the molecule is COc1ccc(/C(O)=C2/C(=O)C(=O)N(c3ccc(C)c(C)c3)C2c2ccc(O)c(Cl)c2)c(OC)c1. The molecule has 180 valence electrons. The van der Waals surface area contributed by atoms with E-state index in [9.17, 15) is 19.8 Å². The number of anilines is 1. The summed E-state index contributed by atoms with van der Waals surface area (Å²) < 4.78 is 10.6. The molecule has 3 aromatic rings. The van der Waals surface area contributed by atoms with Gasteiger partial charge in [-0.25, -0.2) is 0 Å². The van der Waals surface area contributed by atoms with E-state index < -0.39 is 23.5 Å². The first-order valence-electron chi connectivity index (χ1n) is 10.8. The summed E-state index contributed by atoms with van der Waals surface area (Å²) in [6.07, 6.45) is 0. The van der Waals surface area contributed by atoms with Crippen molar-refractivity contribution in [2.45, 2.75) is 19.9 Å². The molecular formula is C27H24ClNO6. The van der Waals surface area contributed by atoms with E-state index in [1.165, 1.54) is 31.3 Å². The van der Waals surface area contributed by atoms with Crippen LogP contribution in [0.1, 0.15) is 28.3 Å². The molecule has 4 rings (SSSR count). The van der Waals surface area contributed by atoms with Crippen molar-refractivity contribution in [3.05, 3.63) is 87.4 Å². The number of phenols is 1. The van der Waals surface area contributed by atoms with Crippen LogP contribution in [-0.4, -0.2) is 36.1 Å². The number of rotatable bonds is 5. The summed E-state index contributed by atoms with van der Waals surface area (Å²) >= 11 is 6.18. The Hall–Kier alpha value is -3.97. The van der Waals surface area contributed by atoms with Gasteiger partial charge in [-0.3, -0.25) is 14.5 Å². The second kappa shape index (κ2) is 9.35. The quantitative estimate of drug-likeness (QED) is 0.284. The number of carbonyl (C=O) groups excluding carboxylic acids is 2. The number of aliphatic hydroxyl groups excluding tert-OH is 1. The van der Waals surface area contributed by atoms with Crippen LogP contribution >= 0.6 is 11.6 Å². The van der Waals surface area contributed by atoms with Crippen LogP contribution in [0.15, 0.2) is 60.2 Å². The zero-order chi connectivity index (χ0) is 25.4. The molecule has 35 heavy (non-hydrogen) atoms. The number of ketones is 1. The minimum absolute atomic E-state index is 0.0511. The van der Waals surface area contributed by atoms with Gasteiger partial charge in [-0.15, -0.1) is 0 Å². The standard InChI is InChI=1S/C27H24ClNO6/c1-14-5-7-17(11-15(14)2)29-24(16-6-10-21(30)20(28)12-16)23(26(32)27(29)33)25(31)19-9-8-18(34-3)13-22(19)35-4/h5-13,24,30-31H,1-4H3/b25-23-. The summed E-state index contributed by atoms with van der Waals surface area (Å²) in [6.45, 7) is 3.85. The Morgan fingerprint density at radius 2 is 1.69 bits per heavy atom. The zero-order valence-electron chi connectivity index (χ0n) is 19.6. The van der Waals surface area contributed by atoms with Crippen LogP contribution in [0.25, 0.3) is 5.76 Å². The Bertz CT molecular complexity index is 1380. The molecule has 0 radical (unpaired) electrons. The lowest BCUT2D eigenvalue weighted by Gasteiger charge is -2.26. The molecule has 1 unspecified atom stereocenters. The largest absolute Gasteiger partial charge is 0.507 e. The summed E-state index contributed by atoms with van der Waals surface area (Å²) in [6, 6.07) is 13.6. The van der Waals surface area contributed by atoms with E-state index in [1.54, 1.807) is 30.3 Å². The highest BCUT2D eigenvalue weighted by molar-refractivity contribution is 6.51. The molecule has 1 atom stereocenters. The molecule has 1 heterocycles. The van der Waals surface area contributed by atoms with E-state index in [0.717, 1.165) is 11.1 Å². The predicted molar refractivity (Wildman–Crippen MR) is 133 cm³/mol. The van der Waals surface area contributed by atoms with Crippen LogP contribution < -0.4 is 14.4 Å². The Labute approximate surface area is 207 Å². The number of ether oxygens (including phenoxy) is 2. The van der Waals surface area contributed by atoms with Crippen molar-refractivity contribution in [2.24, 2.45) is 0 Å². The highest BCUT2D eigenvalue weighted by Crippen LogP contribution is 2.45. The highest BCUT2D eigenvalue weighted by Gasteiger charge is 2.47. The molecule has 0 aliphatic carbocycles. The number of aromatic hydroxyl groups is 1. The lowest BCUT2D eigenvalue weighted by Crippen LogP contribution is -2.29. The topological polar surface area (TPSA) is 96.3 Å². The molecule has 3 aromatic carbocycles. The Morgan fingerprint density at radius 3 is 2.31 bits per heavy atom. The molecule has 7 nitrogen and oxygen atoms in total. The molecule has 0 spiro atoms. The maximum absolute atomic E-state index is 13.4. The van der Waals surface area contributed by atoms with Crippen LogP contribution in [0.3, 0.4) is 0 Å². The first-order chi connectivity index (χ1) is 16.7. The van der Waals surface area contributed by atoms with E-state index >= 15 is 0 Å². The molecule has 0 aromatic heterocycles. The predicted octanol–water partition coefficient (Wildman–Crippen LogP) is 5.31. The van der Waals surface area contributed by atoms with Gasteiger partial charge in [0.1, 0.15) is 23.0 Å². The Balaban J connectivity index is 1.99. The van der Waals surface area contributed by atoms with Crippen molar-refractivity contribution in [2.75, 3.05) is 19.1 Å². The number of aryl methyl sites for hydroxylation is 2. The first kappa shape index (κ1) is 24.2. The molecule has 8 heteroatoms. The lowest BCUT2D eigenvalue weighted by atomic mass is 9.94. The fraction of sp³-hybridized carbons (Fsp3) is 0.185. The number of Topliss-reactive ketones (excluding diaryl/α,β-unsaturated/α-hetero) is 1. The number of carbonyl (C=O) groups is 2. The number of methoxy groups -OCH3 is 2. The smallest absolute Gasteiger partial charge is 0.300 e. The number of benzene rings is 3. The summed E-state index contributed by atoms with van der Waals surface area (Å²) in [5.41, 5.74) is 2.99. The first-order valence-corrected chi connectivity index (χ1v) is 11.1. The van der Waals surface area contributed by atoms with E-state index in [4.69, 9.17) is 21.1 Å². The Morgan fingerprint density at radius 1 is 0.943 bits per heavy atom. The van der Waals surface area contributed by atoms with Gasteiger partial charge in [-0.2, -0.15) is 0 Å². The monoisotopic (exact) mass is 493 g/mol. The summed E-state index contributed by atoms with van der Waals surface area (Å²) in [4.78, 5) is 28.0.